The van der Waals surface area contributed by atoms with Gasteiger partial charge >= 0.3 is 12.3 Å². The molecule has 3 N–H and O–H groups in total. The van der Waals surface area contributed by atoms with Gasteiger partial charge in [0.15, 0.2) is 0 Å². The molecule has 1 aromatic carbocycles. The number of ether oxygens (including phenoxy) is 1. The highest BCUT2D eigenvalue weighted by Crippen LogP contribution is 2.37. The van der Waals surface area contributed by atoms with Crippen LogP contribution in [0.4, 0.5) is 23.7 Å². The minimum atomic E-state index is -4.94. The molecule has 0 saturated heterocycles. The number of nitro groups is 1. The molecule has 1 rings (SSSR count). The van der Waals surface area contributed by atoms with Gasteiger partial charge in [-0.15, -0.1) is 0 Å². The van der Waals surface area contributed by atoms with Crippen molar-refractivity contribution in [2.75, 3.05) is 6.54 Å². The zero-order valence-corrected chi connectivity index (χ0v) is 14.2. The molecule has 146 valence electrons. The van der Waals surface area contributed by atoms with Gasteiger partial charge in [0.05, 0.1) is 4.92 Å². The van der Waals surface area contributed by atoms with Crippen molar-refractivity contribution in [2.24, 2.45) is 0 Å². The smallest absolute Gasteiger partial charge is 0.422 e. The molecule has 0 aromatic heterocycles. The highest BCUT2D eigenvalue weighted by molar-refractivity contribution is 5.67. The van der Waals surface area contributed by atoms with Crippen LogP contribution in [0.2, 0.25) is 0 Å². The van der Waals surface area contributed by atoms with E-state index in [4.69, 9.17) is 4.74 Å². The van der Waals surface area contributed by atoms with Crippen LogP contribution in [0.1, 0.15) is 38.0 Å². The topological polar surface area (TPSA) is 122 Å². The number of halogens is 3. The summed E-state index contributed by atoms with van der Waals surface area (Å²) < 4.78 is 43.2. The fourth-order valence-electron chi connectivity index (χ4n) is 1.96. The van der Waals surface area contributed by atoms with Gasteiger partial charge < -0.3 is 20.3 Å². The molecule has 0 aliphatic heterocycles. The Balaban J connectivity index is 2.89. The van der Waals surface area contributed by atoms with Gasteiger partial charge in [-0.1, -0.05) is 6.07 Å². The molecule has 0 fully saturated rings. The Kier molecular flexibility index (Phi) is 6.55. The molecule has 2 atom stereocenters. The number of nitro benzene ring substituents is 1. The number of alkyl halides is 3. The van der Waals surface area contributed by atoms with Crippen molar-refractivity contribution in [2.45, 2.75) is 44.8 Å². The Hall–Kier alpha value is -2.40. The van der Waals surface area contributed by atoms with Gasteiger partial charge in [0, 0.05) is 12.6 Å². The third-order valence-corrected chi connectivity index (χ3v) is 3.08. The van der Waals surface area contributed by atoms with E-state index in [2.05, 4.69) is 5.32 Å². The Labute approximate surface area is 146 Å². The van der Waals surface area contributed by atoms with Gasteiger partial charge in [-0.25, -0.2) is 4.79 Å². The first-order valence-corrected chi connectivity index (χ1v) is 7.41. The minimum absolute atomic E-state index is 0.303. The van der Waals surface area contributed by atoms with Gasteiger partial charge in [-0.05, 0) is 32.4 Å². The van der Waals surface area contributed by atoms with Crippen molar-refractivity contribution in [3.8, 4) is 0 Å². The number of aliphatic hydroxyl groups excluding tert-OH is 2. The molecule has 11 heteroatoms. The third-order valence-electron chi connectivity index (χ3n) is 3.08. The highest BCUT2D eigenvalue weighted by Gasteiger charge is 2.38. The molecule has 0 radical (unpaired) electrons. The molecular weight excluding hydrogens is 361 g/mol. The molecule has 0 aliphatic rings. The Morgan fingerprint density at radius 2 is 1.88 bits per heavy atom. The monoisotopic (exact) mass is 380 g/mol. The Morgan fingerprint density at radius 1 is 1.31 bits per heavy atom. The second-order valence-electron chi connectivity index (χ2n) is 6.43. The molecule has 1 aromatic rings. The molecule has 1 amide bonds. The van der Waals surface area contributed by atoms with Crippen LogP contribution in [-0.4, -0.2) is 39.5 Å². The zero-order chi connectivity index (χ0) is 20.3. The Morgan fingerprint density at radius 3 is 2.35 bits per heavy atom. The predicted molar refractivity (Wildman–Crippen MR) is 83.3 cm³/mol. The molecule has 0 saturated carbocycles. The predicted octanol–water partition coefficient (Wildman–Crippen LogP) is 2.53. The average molecular weight is 380 g/mol. The fourth-order valence-corrected chi connectivity index (χ4v) is 1.96. The first-order chi connectivity index (χ1) is 11.7. The SMILES string of the molecule is CC(C)(C)OC(=O)NCC(O)C(O)c1ccc(C(F)(F)F)c([N+](=O)[O-])c1. The van der Waals surface area contributed by atoms with Crippen LogP contribution in [0.25, 0.3) is 0 Å². The summed E-state index contributed by atoms with van der Waals surface area (Å²) in [5.74, 6) is 0. The lowest BCUT2D eigenvalue weighted by atomic mass is 10.0. The van der Waals surface area contributed by atoms with Gasteiger partial charge in [0.1, 0.15) is 23.4 Å². The second-order valence-corrected chi connectivity index (χ2v) is 6.43. The lowest BCUT2D eigenvalue weighted by molar-refractivity contribution is -0.388. The molecule has 0 aliphatic carbocycles. The maximum atomic E-state index is 12.8. The summed E-state index contributed by atoms with van der Waals surface area (Å²) in [5, 5.41) is 32.9. The number of rotatable bonds is 5. The van der Waals surface area contributed by atoms with Gasteiger partial charge in [0.2, 0.25) is 0 Å². The van der Waals surface area contributed by atoms with E-state index in [0.29, 0.717) is 12.1 Å². The van der Waals surface area contributed by atoms with E-state index in [9.17, 15) is 38.3 Å². The average Bonchev–Trinajstić information content (AvgIpc) is 2.48. The molecular formula is C15H19F3N2O6. The zero-order valence-electron chi connectivity index (χ0n) is 14.2. The van der Waals surface area contributed by atoms with E-state index in [-0.39, 0.29) is 5.56 Å². The number of benzene rings is 1. The highest BCUT2D eigenvalue weighted by atomic mass is 19.4. The largest absolute Gasteiger partial charge is 0.444 e. The summed E-state index contributed by atoms with van der Waals surface area (Å²) >= 11 is 0. The maximum Gasteiger partial charge on any atom is 0.422 e. The van der Waals surface area contributed by atoms with E-state index in [1.165, 1.54) is 0 Å². The normalized spacial score (nSPS) is 14.5. The summed E-state index contributed by atoms with van der Waals surface area (Å²) in [5.41, 5.74) is -3.81. The summed E-state index contributed by atoms with van der Waals surface area (Å²) in [7, 11) is 0. The van der Waals surface area contributed by atoms with E-state index in [1.807, 2.05) is 0 Å². The Bertz CT molecular complexity index is 672. The van der Waals surface area contributed by atoms with Crippen LogP contribution < -0.4 is 5.32 Å². The van der Waals surface area contributed by atoms with Crippen LogP contribution in [0, 0.1) is 10.1 Å². The quantitative estimate of drug-likeness (QED) is 0.533. The summed E-state index contributed by atoms with van der Waals surface area (Å²) in [6.45, 7) is 4.35. The molecule has 2 unspecified atom stereocenters. The first-order valence-electron chi connectivity index (χ1n) is 7.41. The van der Waals surface area contributed by atoms with Crippen molar-refractivity contribution in [1.82, 2.24) is 5.32 Å². The lowest BCUT2D eigenvalue weighted by Crippen LogP contribution is -2.38. The van der Waals surface area contributed by atoms with E-state index in [0.717, 1.165) is 6.07 Å². The summed E-state index contributed by atoms with van der Waals surface area (Å²) in [6.07, 6.45) is -9.20. The standard InChI is InChI=1S/C15H19F3N2O6/c1-14(2,3)26-13(23)19-7-11(21)12(22)8-4-5-9(15(16,17)18)10(6-8)20(24)25/h4-6,11-12,21-22H,7H2,1-3H3,(H,19,23). The van der Waals surface area contributed by atoms with Crippen molar-refractivity contribution in [3.63, 3.8) is 0 Å². The summed E-state index contributed by atoms with van der Waals surface area (Å²) in [4.78, 5) is 21.1. The maximum absolute atomic E-state index is 12.8. The van der Waals surface area contributed by atoms with Crippen molar-refractivity contribution in [3.05, 3.63) is 39.4 Å². The number of nitrogens with one attached hydrogen (secondary N) is 1. The number of amides is 1. The fraction of sp³-hybridized carbons (Fsp3) is 0.533. The summed E-state index contributed by atoms with van der Waals surface area (Å²) in [6, 6.07) is 1.80. The molecule has 0 bridgehead atoms. The molecule has 8 nitrogen and oxygen atoms in total. The minimum Gasteiger partial charge on any atom is -0.444 e. The number of aliphatic hydroxyl groups is 2. The lowest BCUT2D eigenvalue weighted by Gasteiger charge is -2.22. The first kappa shape index (κ1) is 21.6. The molecule has 26 heavy (non-hydrogen) atoms. The number of alkyl carbamates (subject to hydrolysis) is 1. The van der Waals surface area contributed by atoms with Gasteiger partial charge in [-0.3, -0.25) is 10.1 Å². The molecule has 0 spiro atoms. The van der Waals surface area contributed by atoms with Crippen LogP contribution >= 0.6 is 0 Å². The molecule has 0 heterocycles. The number of carbonyl (C=O) groups excluding carboxylic acids is 1. The third kappa shape index (κ3) is 6.15. The number of carbonyl (C=O) groups is 1. The van der Waals surface area contributed by atoms with Crippen LogP contribution in [0.3, 0.4) is 0 Å². The van der Waals surface area contributed by atoms with Gasteiger partial charge in [-0.2, -0.15) is 13.2 Å². The van der Waals surface area contributed by atoms with Crippen molar-refractivity contribution >= 4 is 11.8 Å². The van der Waals surface area contributed by atoms with Gasteiger partial charge in [0.25, 0.3) is 5.69 Å². The van der Waals surface area contributed by atoms with E-state index < -0.39 is 52.8 Å². The van der Waals surface area contributed by atoms with Crippen LogP contribution in [0.5, 0.6) is 0 Å². The van der Waals surface area contributed by atoms with Crippen molar-refractivity contribution < 1.29 is 37.8 Å². The van der Waals surface area contributed by atoms with E-state index in [1.54, 1.807) is 20.8 Å². The van der Waals surface area contributed by atoms with Crippen LogP contribution in [0.15, 0.2) is 18.2 Å². The number of nitrogens with zero attached hydrogens (tertiary/aromatic N) is 1. The number of hydrogen-bond donors (Lipinski definition) is 3. The van der Waals surface area contributed by atoms with Crippen molar-refractivity contribution in [1.29, 1.82) is 0 Å². The second kappa shape index (κ2) is 7.87. The number of hydrogen-bond acceptors (Lipinski definition) is 6. The van der Waals surface area contributed by atoms with Crippen LogP contribution in [-0.2, 0) is 10.9 Å². The van der Waals surface area contributed by atoms with E-state index >= 15 is 0 Å².